The van der Waals surface area contributed by atoms with Gasteiger partial charge in [0.25, 0.3) is 0 Å². The maximum atomic E-state index is 11.0. The SMILES string of the molecule is Cc1nsc(NN=Cc2ccccc2Cl)c1C(=O)O. The number of aromatic nitrogens is 1. The number of benzene rings is 1. The largest absolute Gasteiger partial charge is 0.478 e. The van der Waals surface area contributed by atoms with Gasteiger partial charge in [0.1, 0.15) is 10.6 Å². The van der Waals surface area contributed by atoms with E-state index < -0.39 is 5.97 Å². The predicted molar refractivity (Wildman–Crippen MR) is 76.5 cm³/mol. The van der Waals surface area contributed by atoms with Gasteiger partial charge in [0.15, 0.2) is 0 Å². The van der Waals surface area contributed by atoms with Crippen molar-refractivity contribution in [2.75, 3.05) is 5.43 Å². The van der Waals surface area contributed by atoms with Gasteiger partial charge in [-0.3, -0.25) is 5.43 Å². The van der Waals surface area contributed by atoms with Crippen LogP contribution in [0.5, 0.6) is 0 Å². The van der Waals surface area contributed by atoms with Gasteiger partial charge in [0.2, 0.25) is 0 Å². The minimum absolute atomic E-state index is 0.140. The zero-order valence-electron chi connectivity index (χ0n) is 9.92. The number of hydrogen-bond donors (Lipinski definition) is 2. The molecule has 2 aromatic rings. The Morgan fingerprint density at radius 1 is 1.53 bits per heavy atom. The van der Waals surface area contributed by atoms with E-state index in [0.29, 0.717) is 15.7 Å². The van der Waals surface area contributed by atoms with E-state index >= 15 is 0 Å². The zero-order chi connectivity index (χ0) is 13.8. The van der Waals surface area contributed by atoms with Crippen LogP contribution in [0.25, 0.3) is 0 Å². The van der Waals surface area contributed by atoms with Crippen LogP contribution in [0.2, 0.25) is 5.02 Å². The number of hydrogen-bond acceptors (Lipinski definition) is 5. The van der Waals surface area contributed by atoms with Gasteiger partial charge in [0, 0.05) is 10.6 Å². The standard InChI is InChI=1S/C12H10ClN3O2S/c1-7-10(12(17)18)11(19-16-7)15-14-6-8-4-2-3-5-9(8)13/h2-6,15H,1H3,(H,17,18). The number of carboxylic acid groups (broad SMARTS) is 1. The van der Waals surface area contributed by atoms with Gasteiger partial charge in [-0.25, -0.2) is 4.79 Å². The third-order valence-corrected chi connectivity index (χ3v) is 3.54. The molecule has 0 aliphatic rings. The Morgan fingerprint density at radius 2 is 2.26 bits per heavy atom. The summed E-state index contributed by atoms with van der Waals surface area (Å²) in [5.41, 5.74) is 4.03. The van der Waals surface area contributed by atoms with Crippen molar-refractivity contribution in [2.24, 2.45) is 5.10 Å². The molecule has 0 spiro atoms. The van der Waals surface area contributed by atoms with Crippen molar-refractivity contribution in [1.29, 1.82) is 0 Å². The number of anilines is 1. The molecule has 2 N–H and O–H groups in total. The van der Waals surface area contributed by atoms with Crippen LogP contribution in [-0.4, -0.2) is 21.7 Å². The molecule has 5 nitrogen and oxygen atoms in total. The van der Waals surface area contributed by atoms with Crippen LogP contribution in [0, 0.1) is 6.92 Å². The lowest BCUT2D eigenvalue weighted by atomic mass is 10.2. The summed E-state index contributed by atoms with van der Waals surface area (Å²) in [5.74, 6) is -1.03. The summed E-state index contributed by atoms with van der Waals surface area (Å²) in [6.45, 7) is 1.64. The van der Waals surface area contributed by atoms with E-state index in [-0.39, 0.29) is 5.56 Å². The zero-order valence-corrected chi connectivity index (χ0v) is 11.5. The van der Waals surface area contributed by atoms with Gasteiger partial charge in [-0.15, -0.1) is 0 Å². The van der Waals surface area contributed by atoms with Crippen LogP contribution in [0.1, 0.15) is 21.6 Å². The molecular formula is C12H10ClN3O2S. The second-order valence-corrected chi connectivity index (χ2v) is 4.85. The molecule has 2 rings (SSSR count). The van der Waals surface area contributed by atoms with Gasteiger partial charge < -0.3 is 5.11 Å². The van der Waals surface area contributed by atoms with E-state index in [0.717, 1.165) is 17.1 Å². The van der Waals surface area contributed by atoms with E-state index in [4.69, 9.17) is 16.7 Å². The highest BCUT2D eigenvalue weighted by atomic mass is 35.5. The summed E-state index contributed by atoms with van der Waals surface area (Å²) < 4.78 is 3.98. The normalized spacial score (nSPS) is 10.8. The Bertz CT molecular complexity index is 640. The summed E-state index contributed by atoms with van der Waals surface area (Å²) in [4.78, 5) is 11.0. The number of aromatic carboxylic acids is 1. The molecule has 0 saturated heterocycles. The molecule has 0 radical (unpaired) electrons. The summed E-state index contributed by atoms with van der Waals surface area (Å²) in [7, 11) is 0. The average molecular weight is 296 g/mol. The van der Waals surface area contributed by atoms with Gasteiger partial charge in [-0.1, -0.05) is 29.8 Å². The molecule has 0 aliphatic carbocycles. The van der Waals surface area contributed by atoms with E-state index in [1.54, 1.807) is 13.0 Å². The monoisotopic (exact) mass is 295 g/mol. The Hall–Kier alpha value is -1.92. The first-order valence-corrected chi connectivity index (χ1v) is 6.48. The van der Waals surface area contributed by atoms with E-state index in [1.165, 1.54) is 6.21 Å². The smallest absolute Gasteiger partial charge is 0.340 e. The third-order valence-electron chi connectivity index (χ3n) is 2.35. The fourth-order valence-corrected chi connectivity index (χ4v) is 2.36. The Kier molecular flexibility index (Phi) is 4.13. The summed E-state index contributed by atoms with van der Waals surface area (Å²) in [5, 5.41) is 14.0. The predicted octanol–water partition coefficient (Wildman–Crippen LogP) is 3.25. The number of carboxylic acids is 1. The van der Waals surface area contributed by atoms with Crippen LogP contribution in [-0.2, 0) is 0 Å². The maximum absolute atomic E-state index is 11.0. The van der Waals surface area contributed by atoms with E-state index in [9.17, 15) is 4.79 Å². The topological polar surface area (TPSA) is 74.6 Å². The Labute approximate surface area is 118 Å². The average Bonchev–Trinajstić information content (AvgIpc) is 2.73. The van der Waals surface area contributed by atoms with Gasteiger partial charge in [-0.05, 0) is 24.5 Å². The molecular weight excluding hydrogens is 286 g/mol. The van der Waals surface area contributed by atoms with Crippen LogP contribution < -0.4 is 5.43 Å². The highest BCUT2D eigenvalue weighted by Gasteiger charge is 2.16. The van der Waals surface area contributed by atoms with Gasteiger partial charge in [-0.2, -0.15) is 9.47 Å². The maximum Gasteiger partial charge on any atom is 0.340 e. The minimum atomic E-state index is -1.03. The molecule has 0 fully saturated rings. The first-order chi connectivity index (χ1) is 9.09. The minimum Gasteiger partial charge on any atom is -0.478 e. The summed E-state index contributed by atoms with van der Waals surface area (Å²) in [6.07, 6.45) is 1.53. The molecule has 0 aliphatic heterocycles. The number of carbonyl (C=O) groups is 1. The first-order valence-electron chi connectivity index (χ1n) is 5.32. The summed E-state index contributed by atoms with van der Waals surface area (Å²) >= 11 is 7.02. The molecule has 1 aromatic carbocycles. The number of nitrogens with zero attached hydrogens (tertiary/aromatic N) is 2. The highest BCUT2D eigenvalue weighted by Crippen LogP contribution is 2.24. The van der Waals surface area contributed by atoms with Gasteiger partial charge in [0.05, 0.1) is 11.9 Å². The third kappa shape index (κ3) is 3.10. The lowest BCUT2D eigenvalue weighted by molar-refractivity contribution is 0.0697. The van der Waals surface area contributed by atoms with Crippen molar-refractivity contribution in [3.05, 3.63) is 46.1 Å². The summed E-state index contributed by atoms with van der Waals surface area (Å²) in [6, 6.07) is 7.22. The molecule has 0 atom stereocenters. The molecule has 0 saturated carbocycles. The van der Waals surface area contributed by atoms with Crippen molar-refractivity contribution < 1.29 is 9.90 Å². The lowest BCUT2D eigenvalue weighted by Crippen LogP contribution is -2.01. The fourth-order valence-electron chi connectivity index (χ4n) is 1.44. The Balaban J connectivity index is 2.16. The van der Waals surface area contributed by atoms with Crippen LogP contribution >= 0.6 is 23.1 Å². The van der Waals surface area contributed by atoms with Crippen molar-refractivity contribution in [3.63, 3.8) is 0 Å². The first kappa shape index (κ1) is 13.5. The highest BCUT2D eigenvalue weighted by molar-refractivity contribution is 7.10. The number of halogens is 1. The van der Waals surface area contributed by atoms with Crippen molar-refractivity contribution >= 4 is 40.3 Å². The molecule has 98 valence electrons. The number of nitrogens with one attached hydrogen (secondary N) is 1. The number of hydrazone groups is 1. The number of rotatable bonds is 4. The van der Waals surface area contributed by atoms with Gasteiger partial charge >= 0.3 is 5.97 Å². The molecule has 19 heavy (non-hydrogen) atoms. The molecule has 0 unspecified atom stereocenters. The number of aryl methyl sites for hydroxylation is 1. The van der Waals surface area contributed by atoms with E-state index in [2.05, 4.69) is 14.9 Å². The molecule has 0 bridgehead atoms. The molecule has 0 amide bonds. The van der Waals surface area contributed by atoms with Crippen molar-refractivity contribution in [3.8, 4) is 0 Å². The molecule has 7 heteroatoms. The lowest BCUT2D eigenvalue weighted by Gasteiger charge is -1.99. The fraction of sp³-hybridized carbons (Fsp3) is 0.0833. The second kappa shape index (κ2) is 5.81. The second-order valence-electron chi connectivity index (χ2n) is 3.67. The molecule has 1 heterocycles. The Morgan fingerprint density at radius 3 is 2.95 bits per heavy atom. The van der Waals surface area contributed by atoms with Crippen molar-refractivity contribution in [2.45, 2.75) is 6.92 Å². The van der Waals surface area contributed by atoms with Crippen LogP contribution in [0.4, 0.5) is 5.00 Å². The van der Waals surface area contributed by atoms with Crippen LogP contribution in [0.3, 0.4) is 0 Å². The van der Waals surface area contributed by atoms with Crippen LogP contribution in [0.15, 0.2) is 29.4 Å². The quantitative estimate of drug-likeness (QED) is 0.671. The van der Waals surface area contributed by atoms with E-state index in [1.807, 2.05) is 18.2 Å². The molecule has 1 aromatic heterocycles. The van der Waals surface area contributed by atoms with Crippen molar-refractivity contribution in [1.82, 2.24) is 4.37 Å².